The van der Waals surface area contributed by atoms with Crippen molar-refractivity contribution in [3.8, 4) is 0 Å². The number of esters is 1. The molecule has 0 spiro atoms. The zero-order chi connectivity index (χ0) is 21.0. The topological polar surface area (TPSA) is 125 Å². The Morgan fingerprint density at radius 2 is 1.93 bits per heavy atom. The van der Waals surface area contributed by atoms with Crippen LogP contribution in [0, 0.1) is 0 Å². The molecule has 2 aliphatic heterocycles. The summed E-state index contributed by atoms with van der Waals surface area (Å²) in [5.74, 6) is -2.34. The number of ether oxygens (including phenoxy) is 1. The fourth-order valence-corrected chi connectivity index (χ4v) is 3.41. The molecular formula is C19H22N4O6. The van der Waals surface area contributed by atoms with E-state index in [1.165, 1.54) is 4.90 Å². The molecule has 1 aromatic rings. The summed E-state index contributed by atoms with van der Waals surface area (Å²) in [7, 11) is 0. The molecule has 3 rings (SSSR count). The predicted molar refractivity (Wildman–Crippen MR) is 98.7 cm³/mol. The number of nitrogens with one attached hydrogen (secondary N) is 2. The van der Waals surface area contributed by atoms with E-state index in [0.717, 1.165) is 0 Å². The summed E-state index contributed by atoms with van der Waals surface area (Å²) >= 11 is 0. The lowest BCUT2D eigenvalue weighted by Crippen LogP contribution is -2.49. The summed E-state index contributed by atoms with van der Waals surface area (Å²) in [4.78, 5) is 61.9. The predicted octanol–water partition coefficient (Wildman–Crippen LogP) is 0.0405. The molecule has 0 aliphatic carbocycles. The van der Waals surface area contributed by atoms with Crippen LogP contribution in [-0.4, -0.2) is 59.3 Å². The van der Waals surface area contributed by atoms with Crippen LogP contribution in [0.3, 0.4) is 0 Å². The van der Waals surface area contributed by atoms with Gasteiger partial charge in [0.25, 0.3) is 11.8 Å². The van der Waals surface area contributed by atoms with Gasteiger partial charge in [-0.2, -0.15) is 5.01 Å². The quantitative estimate of drug-likeness (QED) is 0.490. The lowest BCUT2D eigenvalue weighted by Gasteiger charge is -2.25. The Hall–Kier alpha value is -3.43. The van der Waals surface area contributed by atoms with Gasteiger partial charge < -0.3 is 15.0 Å². The van der Waals surface area contributed by atoms with E-state index in [1.54, 1.807) is 37.3 Å². The zero-order valence-corrected chi connectivity index (χ0v) is 16.0. The largest absolute Gasteiger partial charge is 0.454 e. The Labute approximate surface area is 167 Å². The van der Waals surface area contributed by atoms with Crippen molar-refractivity contribution in [2.75, 3.05) is 19.7 Å². The Balaban J connectivity index is 1.57. The number of hydrogen-bond acceptors (Lipinski definition) is 6. The van der Waals surface area contributed by atoms with E-state index in [1.807, 2.05) is 0 Å². The van der Waals surface area contributed by atoms with Crippen LogP contribution < -0.4 is 10.7 Å². The highest BCUT2D eigenvalue weighted by molar-refractivity contribution is 6.08. The van der Waals surface area contributed by atoms with Gasteiger partial charge in [-0.15, -0.1) is 0 Å². The van der Waals surface area contributed by atoms with E-state index in [-0.39, 0.29) is 18.9 Å². The molecule has 1 atom stereocenters. The van der Waals surface area contributed by atoms with Crippen LogP contribution in [0.25, 0.3) is 0 Å². The van der Waals surface area contributed by atoms with Crippen LogP contribution in [0.4, 0.5) is 4.79 Å². The van der Waals surface area contributed by atoms with Crippen LogP contribution >= 0.6 is 0 Å². The molecule has 2 fully saturated rings. The Bertz CT molecular complexity index is 842. The highest BCUT2D eigenvalue weighted by Crippen LogP contribution is 2.31. The number of benzene rings is 1. The van der Waals surface area contributed by atoms with Crippen LogP contribution in [-0.2, 0) is 29.5 Å². The van der Waals surface area contributed by atoms with Gasteiger partial charge in [-0.25, -0.2) is 4.79 Å². The van der Waals surface area contributed by atoms with Crippen LogP contribution in [0.1, 0.15) is 31.7 Å². The molecule has 10 heteroatoms. The number of imide groups is 1. The van der Waals surface area contributed by atoms with E-state index in [9.17, 15) is 24.0 Å². The molecule has 0 radical (unpaired) electrons. The van der Waals surface area contributed by atoms with Crippen molar-refractivity contribution in [1.82, 2.24) is 20.7 Å². The van der Waals surface area contributed by atoms with Gasteiger partial charge in [0.2, 0.25) is 5.91 Å². The third kappa shape index (κ3) is 4.05. The fourth-order valence-electron chi connectivity index (χ4n) is 3.41. The second-order valence-corrected chi connectivity index (χ2v) is 6.81. The summed E-state index contributed by atoms with van der Waals surface area (Å²) in [6.45, 7) is 1.31. The monoisotopic (exact) mass is 402 g/mol. The van der Waals surface area contributed by atoms with Crippen molar-refractivity contribution in [2.24, 2.45) is 0 Å². The molecule has 0 saturated carbocycles. The Kier molecular flexibility index (Phi) is 5.81. The minimum absolute atomic E-state index is 0.137. The van der Waals surface area contributed by atoms with Crippen molar-refractivity contribution in [1.29, 1.82) is 0 Å². The van der Waals surface area contributed by atoms with Crippen LogP contribution in [0.5, 0.6) is 0 Å². The minimum Gasteiger partial charge on any atom is -0.454 e. The number of amides is 5. The molecule has 29 heavy (non-hydrogen) atoms. The minimum atomic E-state index is -1.28. The number of hydrazine groups is 1. The van der Waals surface area contributed by atoms with Crippen molar-refractivity contribution >= 4 is 29.7 Å². The molecule has 154 valence electrons. The molecule has 2 aliphatic rings. The first kappa shape index (κ1) is 20.3. The summed E-state index contributed by atoms with van der Waals surface area (Å²) in [6.07, 6.45) is 1.35. The summed E-state index contributed by atoms with van der Waals surface area (Å²) in [5, 5.41) is 3.22. The molecule has 0 bridgehead atoms. The highest BCUT2D eigenvalue weighted by Gasteiger charge is 2.52. The molecule has 0 unspecified atom stereocenters. The van der Waals surface area contributed by atoms with E-state index >= 15 is 0 Å². The molecule has 2 N–H and O–H groups in total. The number of carbonyl (C=O) groups is 5. The third-order valence-corrected chi connectivity index (χ3v) is 4.98. The number of carbonyl (C=O) groups excluding carboxylic acids is 5. The first-order chi connectivity index (χ1) is 13.9. The first-order valence-electron chi connectivity index (χ1n) is 9.32. The van der Waals surface area contributed by atoms with Gasteiger partial charge in [0.1, 0.15) is 12.1 Å². The lowest BCUT2D eigenvalue weighted by molar-refractivity contribution is -0.153. The maximum Gasteiger partial charge on any atom is 0.344 e. The third-order valence-electron chi connectivity index (χ3n) is 4.98. The summed E-state index contributed by atoms with van der Waals surface area (Å²) in [5.41, 5.74) is 1.49. The standard InChI is InChI=1S/C19H22N4O6/c1-2-19(13-7-4-3-5-8-13)17(27)23(18(28)20-19)21-14(24)12-29-16(26)11-22-10-6-9-15(22)25/h3-5,7-8H,2,6,9-12H2,1H3,(H,20,28)(H,21,24)/t19-/m0/s1. The van der Waals surface area contributed by atoms with Crippen molar-refractivity contribution in [3.63, 3.8) is 0 Å². The van der Waals surface area contributed by atoms with Gasteiger partial charge in [-0.1, -0.05) is 37.3 Å². The van der Waals surface area contributed by atoms with E-state index in [4.69, 9.17) is 4.74 Å². The van der Waals surface area contributed by atoms with Crippen LogP contribution in [0.15, 0.2) is 30.3 Å². The number of likely N-dealkylation sites (tertiary alicyclic amines) is 1. The van der Waals surface area contributed by atoms with Gasteiger partial charge in [0.15, 0.2) is 6.61 Å². The second-order valence-electron chi connectivity index (χ2n) is 6.81. The molecule has 2 saturated heterocycles. The second kappa shape index (κ2) is 8.29. The van der Waals surface area contributed by atoms with Crippen LogP contribution in [0.2, 0.25) is 0 Å². The molecule has 0 aromatic heterocycles. The fraction of sp³-hybridized carbons (Fsp3) is 0.421. The van der Waals surface area contributed by atoms with Gasteiger partial charge in [0, 0.05) is 13.0 Å². The van der Waals surface area contributed by atoms with E-state index < -0.39 is 36.0 Å². The SMILES string of the molecule is CC[C@@]1(c2ccccc2)NC(=O)N(NC(=O)COC(=O)CN2CCCC2=O)C1=O. The number of nitrogens with zero attached hydrogens (tertiary/aromatic N) is 2. The average molecular weight is 402 g/mol. The molecule has 2 heterocycles. The van der Waals surface area contributed by atoms with Gasteiger partial charge in [-0.3, -0.25) is 24.6 Å². The zero-order valence-electron chi connectivity index (χ0n) is 16.0. The van der Waals surface area contributed by atoms with Crippen molar-refractivity contribution in [3.05, 3.63) is 35.9 Å². The van der Waals surface area contributed by atoms with Crippen molar-refractivity contribution < 1.29 is 28.7 Å². The molecule has 1 aromatic carbocycles. The maximum absolute atomic E-state index is 12.9. The Morgan fingerprint density at radius 3 is 2.55 bits per heavy atom. The smallest absolute Gasteiger partial charge is 0.344 e. The molecule has 5 amide bonds. The van der Waals surface area contributed by atoms with Gasteiger partial charge in [-0.05, 0) is 18.4 Å². The van der Waals surface area contributed by atoms with E-state index in [2.05, 4.69) is 10.7 Å². The summed E-state index contributed by atoms with van der Waals surface area (Å²) in [6, 6.07) is 7.94. The van der Waals surface area contributed by atoms with Gasteiger partial charge in [0.05, 0.1) is 0 Å². The number of rotatable bonds is 7. The highest BCUT2D eigenvalue weighted by atomic mass is 16.5. The van der Waals surface area contributed by atoms with E-state index in [0.29, 0.717) is 30.0 Å². The molecular weight excluding hydrogens is 380 g/mol. The lowest BCUT2D eigenvalue weighted by atomic mass is 9.87. The molecule has 10 nitrogen and oxygen atoms in total. The normalized spacial score (nSPS) is 21.3. The average Bonchev–Trinajstić information content (AvgIpc) is 3.23. The number of urea groups is 1. The Morgan fingerprint density at radius 1 is 1.21 bits per heavy atom. The first-order valence-corrected chi connectivity index (χ1v) is 9.32. The summed E-state index contributed by atoms with van der Waals surface area (Å²) < 4.78 is 4.84. The van der Waals surface area contributed by atoms with Gasteiger partial charge >= 0.3 is 12.0 Å². The van der Waals surface area contributed by atoms with Crippen molar-refractivity contribution in [2.45, 2.75) is 31.7 Å². The maximum atomic E-state index is 12.9. The number of hydrogen-bond donors (Lipinski definition) is 2.